The van der Waals surface area contributed by atoms with Crippen molar-refractivity contribution in [1.29, 1.82) is 0 Å². The zero-order valence-corrected chi connectivity index (χ0v) is 13.3. The van der Waals surface area contributed by atoms with Gasteiger partial charge < -0.3 is 10.1 Å². The van der Waals surface area contributed by atoms with Gasteiger partial charge in [0.2, 0.25) is 0 Å². The van der Waals surface area contributed by atoms with Crippen LogP contribution in [0.3, 0.4) is 0 Å². The number of hydrogen-bond acceptors (Lipinski definition) is 3. The second kappa shape index (κ2) is 7.79. The number of esters is 1. The van der Waals surface area contributed by atoms with E-state index in [-0.39, 0.29) is 12.0 Å². The lowest BCUT2D eigenvalue weighted by Crippen LogP contribution is -2.31. The van der Waals surface area contributed by atoms with Crippen LogP contribution in [0.2, 0.25) is 0 Å². The average Bonchev–Trinajstić information content (AvgIpc) is 2.42. The summed E-state index contributed by atoms with van der Waals surface area (Å²) < 4.78 is 5.50. The summed E-state index contributed by atoms with van der Waals surface area (Å²) >= 11 is 0. The molecule has 0 aromatic heterocycles. The number of ether oxygens (including phenoxy) is 1. The molecule has 114 valence electrons. The number of carbonyl (C=O) groups is 1. The van der Waals surface area contributed by atoms with Crippen LogP contribution in [0, 0.1) is 0 Å². The van der Waals surface area contributed by atoms with Crippen molar-refractivity contribution in [3.63, 3.8) is 0 Å². The maximum atomic E-state index is 12.4. The Hall–Kier alpha value is -1.87. The molecule has 0 saturated carbocycles. The number of rotatable bonds is 6. The van der Waals surface area contributed by atoms with Gasteiger partial charge in [0, 0.05) is 6.54 Å². The van der Waals surface area contributed by atoms with Gasteiger partial charge in [-0.3, -0.25) is 0 Å². The number of hydrogen-bond donors (Lipinski definition) is 1. The maximum absolute atomic E-state index is 12.4. The Morgan fingerprint density at radius 3 is 2.43 bits per heavy atom. The summed E-state index contributed by atoms with van der Waals surface area (Å²) in [4.78, 5) is 12.4. The van der Waals surface area contributed by atoms with Crippen molar-refractivity contribution in [2.45, 2.75) is 39.3 Å². The molecule has 1 aromatic carbocycles. The molecule has 0 bridgehead atoms. The zero-order chi connectivity index (χ0) is 15.9. The maximum Gasteiger partial charge on any atom is 0.336 e. The molecule has 1 N–H and O–H groups in total. The molecule has 1 atom stereocenters. The Kier molecular flexibility index (Phi) is 6.38. The van der Waals surface area contributed by atoms with Crippen molar-refractivity contribution < 1.29 is 9.53 Å². The van der Waals surface area contributed by atoms with Crippen LogP contribution in [0.15, 0.2) is 54.6 Å². The van der Waals surface area contributed by atoms with Crippen molar-refractivity contribution in [1.82, 2.24) is 5.32 Å². The van der Waals surface area contributed by atoms with E-state index in [4.69, 9.17) is 4.74 Å². The Balaban J connectivity index is 3.05. The standard InChI is InChI=1S/C18H25NO2/c1-6-13-19-16(14-11-9-8-10-12-14)15(7-2)17(20)21-18(3,4)5/h6-12,16,19H,1,13H2,2-5H3/b15-7+. The van der Waals surface area contributed by atoms with Gasteiger partial charge in [-0.2, -0.15) is 0 Å². The highest BCUT2D eigenvalue weighted by molar-refractivity contribution is 5.90. The van der Waals surface area contributed by atoms with Crippen molar-refractivity contribution >= 4 is 5.97 Å². The van der Waals surface area contributed by atoms with Crippen LogP contribution in [0.1, 0.15) is 39.3 Å². The summed E-state index contributed by atoms with van der Waals surface area (Å²) in [6.07, 6.45) is 3.58. The molecule has 0 aliphatic heterocycles. The minimum Gasteiger partial charge on any atom is -0.457 e. The van der Waals surface area contributed by atoms with Crippen molar-refractivity contribution in [3.8, 4) is 0 Å². The first kappa shape index (κ1) is 17.2. The Morgan fingerprint density at radius 1 is 1.33 bits per heavy atom. The van der Waals surface area contributed by atoms with E-state index in [0.29, 0.717) is 12.1 Å². The van der Waals surface area contributed by atoms with E-state index in [1.54, 1.807) is 6.08 Å². The van der Waals surface area contributed by atoms with Crippen molar-refractivity contribution in [2.24, 2.45) is 0 Å². The summed E-state index contributed by atoms with van der Waals surface area (Å²) in [6, 6.07) is 9.66. The van der Waals surface area contributed by atoms with Gasteiger partial charge >= 0.3 is 5.97 Å². The Labute approximate surface area is 127 Å². The smallest absolute Gasteiger partial charge is 0.336 e. The number of allylic oxidation sites excluding steroid dienone is 1. The first-order valence-corrected chi connectivity index (χ1v) is 7.18. The fourth-order valence-corrected chi connectivity index (χ4v) is 1.99. The van der Waals surface area contributed by atoms with E-state index in [9.17, 15) is 4.79 Å². The van der Waals surface area contributed by atoms with Crippen LogP contribution in [-0.4, -0.2) is 18.1 Å². The van der Waals surface area contributed by atoms with Gasteiger partial charge in [-0.15, -0.1) is 6.58 Å². The highest BCUT2D eigenvalue weighted by Gasteiger charge is 2.26. The molecule has 1 unspecified atom stereocenters. The molecule has 1 aromatic rings. The first-order chi connectivity index (χ1) is 9.89. The molecule has 0 fully saturated rings. The normalized spacial score (nSPS) is 13.6. The molecule has 21 heavy (non-hydrogen) atoms. The highest BCUT2D eigenvalue weighted by Crippen LogP contribution is 2.24. The van der Waals surface area contributed by atoms with E-state index in [1.165, 1.54) is 0 Å². The van der Waals surface area contributed by atoms with Crippen molar-refractivity contribution in [3.05, 3.63) is 60.2 Å². The minimum atomic E-state index is -0.509. The van der Waals surface area contributed by atoms with Gasteiger partial charge in [0.25, 0.3) is 0 Å². The van der Waals surface area contributed by atoms with Gasteiger partial charge in [-0.25, -0.2) is 4.79 Å². The molecule has 0 aliphatic carbocycles. The summed E-state index contributed by atoms with van der Waals surface area (Å²) in [6.45, 7) is 11.8. The average molecular weight is 287 g/mol. The van der Waals surface area contributed by atoms with Crippen LogP contribution in [0.5, 0.6) is 0 Å². The van der Waals surface area contributed by atoms with Crippen LogP contribution < -0.4 is 5.32 Å². The van der Waals surface area contributed by atoms with Gasteiger partial charge in [0.05, 0.1) is 11.6 Å². The SMILES string of the molecule is C=CCNC(/C(=C\C)C(=O)OC(C)(C)C)c1ccccc1. The van der Waals surface area contributed by atoms with Gasteiger partial charge in [-0.1, -0.05) is 42.5 Å². The molecule has 3 nitrogen and oxygen atoms in total. The van der Waals surface area contributed by atoms with E-state index in [1.807, 2.05) is 64.1 Å². The molecular weight excluding hydrogens is 262 g/mol. The number of carbonyl (C=O) groups excluding carboxylic acids is 1. The second-order valence-electron chi connectivity index (χ2n) is 5.79. The fraction of sp³-hybridized carbons (Fsp3) is 0.389. The third-order valence-electron chi connectivity index (χ3n) is 2.86. The molecule has 3 heteroatoms. The molecule has 0 amide bonds. The largest absolute Gasteiger partial charge is 0.457 e. The first-order valence-electron chi connectivity index (χ1n) is 7.18. The molecule has 0 heterocycles. The summed E-state index contributed by atoms with van der Waals surface area (Å²) in [5.74, 6) is -0.296. The Bertz CT molecular complexity index is 498. The number of nitrogens with one attached hydrogen (secondary N) is 1. The third-order valence-corrected chi connectivity index (χ3v) is 2.86. The minimum absolute atomic E-state index is 0.205. The molecule has 1 rings (SSSR count). The third kappa shape index (κ3) is 5.56. The van der Waals surface area contributed by atoms with Gasteiger partial charge in [0.15, 0.2) is 0 Å². The Morgan fingerprint density at radius 2 is 1.95 bits per heavy atom. The van der Waals surface area contributed by atoms with Crippen molar-refractivity contribution in [2.75, 3.05) is 6.54 Å². The molecule has 0 aliphatic rings. The monoisotopic (exact) mass is 287 g/mol. The predicted octanol–water partition coefficient (Wildman–Crippen LogP) is 3.79. The molecule has 0 spiro atoms. The zero-order valence-electron chi connectivity index (χ0n) is 13.3. The van der Waals surface area contributed by atoms with E-state index >= 15 is 0 Å². The predicted molar refractivity (Wildman–Crippen MR) is 87.0 cm³/mol. The van der Waals surface area contributed by atoms with E-state index in [0.717, 1.165) is 5.56 Å². The summed E-state index contributed by atoms with van der Waals surface area (Å²) in [5, 5.41) is 3.32. The quantitative estimate of drug-likeness (QED) is 0.491. The van der Waals surface area contributed by atoms with Crippen LogP contribution in [-0.2, 0) is 9.53 Å². The van der Waals surface area contributed by atoms with E-state index < -0.39 is 5.60 Å². The van der Waals surface area contributed by atoms with Crippen LogP contribution in [0.25, 0.3) is 0 Å². The fourth-order valence-electron chi connectivity index (χ4n) is 1.99. The molecular formula is C18H25NO2. The van der Waals surface area contributed by atoms with Crippen LogP contribution in [0.4, 0.5) is 0 Å². The van der Waals surface area contributed by atoms with E-state index in [2.05, 4.69) is 11.9 Å². The topological polar surface area (TPSA) is 38.3 Å². The van der Waals surface area contributed by atoms with Gasteiger partial charge in [0.1, 0.15) is 5.60 Å². The number of benzene rings is 1. The van der Waals surface area contributed by atoms with Crippen LogP contribution >= 0.6 is 0 Å². The lowest BCUT2D eigenvalue weighted by molar-refractivity contribution is -0.150. The molecule has 0 saturated heterocycles. The summed E-state index contributed by atoms with van der Waals surface area (Å²) in [7, 11) is 0. The highest BCUT2D eigenvalue weighted by atomic mass is 16.6. The van der Waals surface area contributed by atoms with Gasteiger partial charge in [-0.05, 0) is 33.3 Å². The summed E-state index contributed by atoms with van der Waals surface area (Å²) in [5.41, 5.74) is 1.13. The lowest BCUT2D eigenvalue weighted by Gasteiger charge is -2.25. The molecule has 0 radical (unpaired) electrons. The second-order valence-corrected chi connectivity index (χ2v) is 5.79. The lowest BCUT2D eigenvalue weighted by atomic mass is 9.98.